The average molecular weight is 327 g/mol. The lowest BCUT2D eigenvalue weighted by Gasteiger charge is -2.13. The van der Waals surface area contributed by atoms with Crippen molar-refractivity contribution < 1.29 is 14.6 Å². The molecule has 2 aromatic rings. The van der Waals surface area contributed by atoms with Crippen LogP contribution in [0.5, 0.6) is 0 Å². The number of hydrogen-bond donors (Lipinski definition) is 2. The number of benzene rings is 2. The van der Waals surface area contributed by atoms with Crippen LogP contribution in [0.25, 0.3) is 0 Å². The van der Waals surface area contributed by atoms with Crippen molar-refractivity contribution in [3.05, 3.63) is 65.7 Å². The minimum Gasteiger partial charge on any atom is -0.389 e. The van der Waals surface area contributed by atoms with Crippen LogP contribution in [0.1, 0.15) is 37.0 Å². The fourth-order valence-electron chi connectivity index (χ4n) is 2.46. The van der Waals surface area contributed by atoms with Gasteiger partial charge in [0.15, 0.2) is 0 Å². The van der Waals surface area contributed by atoms with Crippen LogP contribution in [0.2, 0.25) is 0 Å². The summed E-state index contributed by atoms with van der Waals surface area (Å²) in [5.41, 5.74) is 2.65. The minimum absolute atomic E-state index is 0.0604. The molecule has 0 aliphatic carbocycles. The van der Waals surface area contributed by atoms with Gasteiger partial charge in [-0.05, 0) is 31.4 Å². The predicted octanol–water partition coefficient (Wildman–Crippen LogP) is 3.72. The highest BCUT2D eigenvalue weighted by Crippen LogP contribution is 2.22. The summed E-state index contributed by atoms with van der Waals surface area (Å²) in [6, 6.07) is 17.5. The number of anilines is 1. The Morgan fingerprint density at radius 1 is 1.08 bits per heavy atom. The number of rotatable bonds is 9. The van der Waals surface area contributed by atoms with Crippen molar-refractivity contribution >= 4 is 11.6 Å². The molecule has 0 aliphatic heterocycles. The molecule has 0 bridgehead atoms. The van der Waals surface area contributed by atoms with Gasteiger partial charge in [-0.1, -0.05) is 48.5 Å². The van der Waals surface area contributed by atoms with Crippen molar-refractivity contribution in [3.63, 3.8) is 0 Å². The topological polar surface area (TPSA) is 58.6 Å². The van der Waals surface area contributed by atoms with E-state index < -0.39 is 6.10 Å². The number of amides is 1. The zero-order chi connectivity index (χ0) is 17.2. The van der Waals surface area contributed by atoms with Crippen molar-refractivity contribution in [3.8, 4) is 0 Å². The number of aliphatic hydroxyl groups is 1. The fraction of sp³-hybridized carbons (Fsp3) is 0.350. The number of para-hydroxylation sites is 1. The van der Waals surface area contributed by atoms with Gasteiger partial charge in [0, 0.05) is 24.3 Å². The van der Waals surface area contributed by atoms with Gasteiger partial charge in [-0.15, -0.1) is 0 Å². The minimum atomic E-state index is -0.609. The molecular weight excluding hydrogens is 302 g/mol. The van der Waals surface area contributed by atoms with Crippen molar-refractivity contribution in [2.45, 2.75) is 32.3 Å². The summed E-state index contributed by atoms with van der Waals surface area (Å²) in [5.74, 6) is -0.0604. The van der Waals surface area contributed by atoms with Crippen LogP contribution in [0.3, 0.4) is 0 Å². The third-order valence-electron chi connectivity index (χ3n) is 3.76. The molecule has 0 heterocycles. The summed E-state index contributed by atoms with van der Waals surface area (Å²) in [6.45, 7) is 2.92. The summed E-state index contributed by atoms with van der Waals surface area (Å²) in [7, 11) is 0. The molecule has 2 aromatic carbocycles. The van der Waals surface area contributed by atoms with Gasteiger partial charge in [0.25, 0.3) is 0 Å². The zero-order valence-electron chi connectivity index (χ0n) is 14.1. The summed E-state index contributed by atoms with van der Waals surface area (Å²) in [4.78, 5) is 12.0. The largest absolute Gasteiger partial charge is 0.389 e. The van der Waals surface area contributed by atoms with E-state index in [0.717, 1.165) is 12.0 Å². The molecule has 1 unspecified atom stereocenters. The predicted molar refractivity (Wildman–Crippen MR) is 95.9 cm³/mol. The molecule has 0 radical (unpaired) electrons. The maximum atomic E-state index is 12.0. The van der Waals surface area contributed by atoms with Crippen molar-refractivity contribution in [1.82, 2.24) is 0 Å². The number of aliphatic hydroxyl groups excluding tert-OH is 1. The van der Waals surface area contributed by atoms with Crippen LogP contribution < -0.4 is 5.32 Å². The average Bonchev–Trinajstić information content (AvgIpc) is 2.59. The Balaban J connectivity index is 1.63. The highest BCUT2D eigenvalue weighted by Gasteiger charge is 2.09. The summed E-state index contributed by atoms with van der Waals surface area (Å²) >= 11 is 0. The van der Waals surface area contributed by atoms with Gasteiger partial charge < -0.3 is 15.2 Å². The Hall–Kier alpha value is -2.17. The van der Waals surface area contributed by atoms with Crippen molar-refractivity contribution in [2.75, 3.05) is 18.5 Å². The molecular formula is C20H25NO3. The van der Waals surface area contributed by atoms with Crippen LogP contribution in [0.15, 0.2) is 54.6 Å². The number of hydrogen-bond acceptors (Lipinski definition) is 3. The lowest BCUT2D eigenvalue weighted by Crippen LogP contribution is -2.14. The highest BCUT2D eigenvalue weighted by molar-refractivity contribution is 5.91. The summed E-state index contributed by atoms with van der Waals surface area (Å²) in [5, 5.41) is 12.6. The summed E-state index contributed by atoms with van der Waals surface area (Å²) < 4.78 is 5.58. The molecule has 0 aliphatic rings. The first kappa shape index (κ1) is 18.2. The van der Waals surface area contributed by atoms with Gasteiger partial charge in [0.1, 0.15) is 0 Å². The van der Waals surface area contributed by atoms with E-state index in [1.807, 2.05) is 36.4 Å². The Morgan fingerprint density at radius 3 is 2.54 bits per heavy atom. The van der Waals surface area contributed by atoms with E-state index in [4.69, 9.17) is 4.74 Å². The monoisotopic (exact) mass is 327 g/mol. The fourth-order valence-corrected chi connectivity index (χ4v) is 2.46. The molecule has 0 saturated heterocycles. The second kappa shape index (κ2) is 9.85. The second-order valence-corrected chi connectivity index (χ2v) is 5.76. The Morgan fingerprint density at radius 2 is 1.79 bits per heavy atom. The third kappa shape index (κ3) is 6.14. The standard InChI is InChI=1S/C20H25NO3/c1-16(22)18-10-5-6-11-19(18)21-20(23)12-7-14-24-15-13-17-8-3-2-4-9-17/h2-6,8-11,16,22H,7,12-15H2,1H3,(H,21,23). The Kier molecular flexibility index (Phi) is 7.46. The smallest absolute Gasteiger partial charge is 0.224 e. The highest BCUT2D eigenvalue weighted by atomic mass is 16.5. The van der Waals surface area contributed by atoms with Gasteiger partial charge in [-0.3, -0.25) is 4.79 Å². The van der Waals surface area contributed by atoms with Crippen LogP contribution in [0.4, 0.5) is 5.69 Å². The van der Waals surface area contributed by atoms with E-state index in [1.165, 1.54) is 5.56 Å². The quantitative estimate of drug-likeness (QED) is 0.690. The van der Waals surface area contributed by atoms with E-state index >= 15 is 0 Å². The molecule has 0 spiro atoms. The molecule has 24 heavy (non-hydrogen) atoms. The van der Waals surface area contributed by atoms with E-state index in [-0.39, 0.29) is 5.91 Å². The first-order chi connectivity index (χ1) is 11.7. The molecule has 2 rings (SSSR count). The number of carbonyl (C=O) groups excluding carboxylic acids is 1. The molecule has 4 heteroatoms. The summed E-state index contributed by atoms with van der Waals surface area (Å²) in [6.07, 6.45) is 1.36. The first-order valence-corrected chi connectivity index (χ1v) is 8.35. The number of carbonyl (C=O) groups is 1. The van der Waals surface area contributed by atoms with Gasteiger partial charge in [0.05, 0.1) is 12.7 Å². The van der Waals surface area contributed by atoms with Crippen molar-refractivity contribution in [2.24, 2.45) is 0 Å². The lowest BCUT2D eigenvalue weighted by molar-refractivity contribution is -0.116. The molecule has 128 valence electrons. The van der Waals surface area contributed by atoms with Gasteiger partial charge >= 0.3 is 0 Å². The normalized spacial score (nSPS) is 11.9. The van der Waals surface area contributed by atoms with Gasteiger partial charge in [-0.2, -0.15) is 0 Å². The van der Waals surface area contributed by atoms with Crippen LogP contribution in [0, 0.1) is 0 Å². The lowest BCUT2D eigenvalue weighted by atomic mass is 10.1. The number of ether oxygens (including phenoxy) is 1. The molecule has 0 saturated carbocycles. The molecule has 2 N–H and O–H groups in total. The van der Waals surface area contributed by atoms with Crippen molar-refractivity contribution in [1.29, 1.82) is 0 Å². The zero-order valence-corrected chi connectivity index (χ0v) is 14.1. The van der Waals surface area contributed by atoms with Crippen LogP contribution in [-0.4, -0.2) is 24.2 Å². The van der Waals surface area contributed by atoms with E-state index in [9.17, 15) is 9.90 Å². The van der Waals surface area contributed by atoms with E-state index in [1.54, 1.807) is 13.0 Å². The number of nitrogens with one attached hydrogen (secondary N) is 1. The molecule has 1 amide bonds. The molecule has 0 aromatic heterocycles. The van der Waals surface area contributed by atoms with Gasteiger partial charge in [-0.25, -0.2) is 0 Å². The Labute approximate surface area is 143 Å². The van der Waals surface area contributed by atoms with E-state index in [2.05, 4.69) is 17.4 Å². The molecule has 0 fully saturated rings. The van der Waals surface area contributed by atoms with E-state index in [0.29, 0.717) is 31.7 Å². The van der Waals surface area contributed by atoms with Gasteiger partial charge in [0.2, 0.25) is 5.91 Å². The van der Waals surface area contributed by atoms with Crippen LogP contribution in [-0.2, 0) is 16.0 Å². The Bertz CT molecular complexity index is 626. The molecule has 4 nitrogen and oxygen atoms in total. The first-order valence-electron chi connectivity index (χ1n) is 8.35. The maximum Gasteiger partial charge on any atom is 0.224 e. The maximum absolute atomic E-state index is 12.0. The second-order valence-electron chi connectivity index (χ2n) is 5.76. The molecule has 1 atom stereocenters. The SMILES string of the molecule is CC(O)c1ccccc1NC(=O)CCCOCCc1ccccc1. The third-order valence-corrected chi connectivity index (χ3v) is 3.76. The van der Waals surface area contributed by atoms with Crippen LogP contribution >= 0.6 is 0 Å².